The minimum atomic E-state index is -0.0869. The van der Waals surface area contributed by atoms with Crippen LogP contribution in [0, 0.1) is 26.2 Å². The molecule has 6 nitrogen and oxygen atoms in total. The van der Waals surface area contributed by atoms with Crippen LogP contribution in [0.25, 0.3) is 85.2 Å². The molecule has 0 aliphatic carbocycles. The van der Waals surface area contributed by atoms with Crippen molar-refractivity contribution < 1.29 is 8.83 Å². The summed E-state index contributed by atoms with van der Waals surface area (Å²) >= 11 is 0. The molecule has 0 aliphatic heterocycles. The van der Waals surface area contributed by atoms with Crippen molar-refractivity contribution in [3.05, 3.63) is 234 Å². The Morgan fingerprint density at radius 3 is 1.91 bits per heavy atom. The molecule has 326 valence electrons. The van der Waals surface area contributed by atoms with Gasteiger partial charge in [-0.1, -0.05) is 159 Å². The molecule has 0 aliphatic rings. The molecule has 0 amide bonds. The summed E-state index contributed by atoms with van der Waals surface area (Å²) in [6.07, 6.45) is 13.2. The summed E-state index contributed by atoms with van der Waals surface area (Å²) in [7, 11) is 0. The average Bonchev–Trinajstić information content (AvgIpc) is 3.95. The predicted octanol–water partition coefficient (Wildman–Crippen LogP) is 14.0. The van der Waals surface area contributed by atoms with Crippen molar-refractivity contribution >= 4 is 69.8 Å². The highest BCUT2D eigenvalue weighted by Crippen LogP contribution is 2.39. The van der Waals surface area contributed by atoms with Crippen molar-refractivity contribution in [1.82, 2.24) is 4.57 Å². The Morgan fingerprint density at radius 1 is 0.652 bits per heavy atom. The van der Waals surface area contributed by atoms with E-state index in [4.69, 9.17) is 20.0 Å². The molecule has 3 heterocycles. The van der Waals surface area contributed by atoms with Gasteiger partial charge in [0.1, 0.15) is 28.0 Å². The van der Waals surface area contributed by atoms with Crippen LogP contribution in [0.2, 0.25) is 0 Å². The molecule has 0 radical (unpaired) electrons. The second-order valence-corrected chi connectivity index (χ2v) is 15.8. The maximum Gasteiger partial charge on any atom is 0.137 e. The highest BCUT2D eigenvalue weighted by Gasteiger charge is 2.19. The molecular formula is C60H54N4O2. The summed E-state index contributed by atoms with van der Waals surface area (Å²) < 4.78 is 14.7. The molecule has 0 bridgehead atoms. The third-order valence-corrected chi connectivity index (χ3v) is 11.4. The van der Waals surface area contributed by atoms with Crippen LogP contribution in [0.4, 0.5) is 0 Å². The van der Waals surface area contributed by atoms with Gasteiger partial charge in [-0.3, -0.25) is 10.4 Å². The Hall–Kier alpha value is -8.48. The highest BCUT2D eigenvalue weighted by molar-refractivity contribution is 6.19. The summed E-state index contributed by atoms with van der Waals surface area (Å²) in [4.78, 5) is 3.89. The first-order valence-corrected chi connectivity index (χ1v) is 21.7. The third-order valence-electron chi connectivity index (χ3n) is 11.4. The first kappa shape index (κ1) is 45.5. The van der Waals surface area contributed by atoms with Gasteiger partial charge in [-0.05, 0) is 115 Å². The Balaban J connectivity index is 0.000000239. The largest absolute Gasteiger partial charge is 0.457 e. The van der Waals surface area contributed by atoms with E-state index in [1.165, 1.54) is 33.4 Å². The number of rotatable bonds is 11. The van der Waals surface area contributed by atoms with Crippen molar-refractivity contribution in [1.29, 1.82) is 5.41 Å². The lowest BCUT2D eigenvalue weighted by Gasteiger charge is -2.11. The van der Waals surface area contributed by atoms with Gasteiger partial charge in [-0.2, -0.15) is 0 Å². The van der Waals surface area contributed by atoms with E-state index in [9.17, 15) is 0 Å². The number of nitrogens with zero attached hydrogens (tertiary/aromatic N) is 2. The molecule has 3 aromatic heterocycles. The topological polar surface area (TPSA) is 93.4 Å². The van der Waals surface area contributed by atoms with Gasteiger partial charge in [0.15, 0.2) is 0 Å². The second-order valence-electron chi connectivity index (χ2n) is 15.8. The van der Waals surface area contributed by atoms with Crippen LogP contribution in [0.3, 0.4) is 0 Å². The van der Waals surface area contributed by atoms with Gasteiger partial charge >= 0.3 is 0 Å². The number of aryl methyl sites for hydroxylation is 1. The number of aromatic nitrogens is 1. The number of nitrogens with two attached hydrogens (primary N) is 1. The minimum absolute atomic E-state index is 0.0869. The average molecular weight is 863 g/mol. The number of aliphatic imine (C=N–C) groups is 1. The van der Waals surface area contributed by atoms with Crippen LogP contribution in [-0.2, 0) is 6.54 Å². The van der Waals surface area contributed by atoms with Gasteiger partial charge in [0, 0.05) is 50.1 Å². The summed E-state index contributed by atoms with van der Waals surface area (Å²) in [5, 5.41) is 11.6. The summed E-state index contributed by atoms with van der Waals surface area (Å²) in [6.45, 7) is 26.2. The zero-order valence-electron chi connectivity index (χ0n) is 37.9. The van der Waals surface area contributed by atoms with E-state index in [0.717, 1.165) is 55.5 Å². The van der Waals surface area contributed by atoms with E-state index in [2.05, 4.69) is 154 Å². The predicted molar refractivity (Wildman–Crippen MR) is 283 cm³/mol. The number of hydrogen-bond acceptors (Lipinski definition) is 4. The number of hydrogen-bond donors (Lipinski definition) is 2. The number of furan rings is 2. The minimum Gasteiger partial charge on any atom is -0.457 e. The fraction of sp³-hybridized carbons (Fsp3) is 0.0667. The van der Waals surface area contributed by atoms with Gasteiger partial charge in [0.05, 0.1) is 6.54 Å². The molecule has 6 heteroatoms. The van der Waals surface area contributed by atoms with Crippen molar-refractivity contribution in [2.45, 2.75) is 27.3 Å². The zero-order chi connectivity index (χ0) is 46.7. The highest BCUT2D eigenvalue weighted by atomic mass is 16.3. The molecule has 0 spiro atoms. The lowest BCUT2D eigenvalue weighted by molar-refractivity contribution is 0.577. The quantitative estimate of drug-likeness (QED) is 0.0770. The molecule has 0 saturated carbocycles. The summed E-state index contributed by atoms with van der Waals surface area (Å²) in [6, 6.07) is 47.5. The monoisotopic (exact) mass is 862 g/mol. The number of amidine groups is 1. The number of benzene rings is 6. The van der Waals surface area contributed by atoms with Crippen molar-refractivity contribution in [2.75, 3.05) is 0 Å². The zero-order valence-corrected chi connectivity index (χ0v) is 37.9. The molecule has 66 heavy (non-hydrogen) atoms. The van der Waals surface area contributed by atoms with Crippen LogP contribution < -0.4 is 16.4 Å². The van der Waals surface area contributed by atoms with Crippen LogP contribution in [0.15, 0.2) is 203 Å². The van der Waals surface area contributed by atoms with E-state index < -0.39 is 0 Å². The molecule has 0 unspecified atom stereocenters. The molecule has 9 rings (SSSR count). The van der Waals surface area contributed by atoms with Gasteiger partial charge in [-0.15, -0.1) is 0 Å². The van der Waals surface area contributed by atoms with Gasteiger partial charge < -0.3 is 19.1 Å². The summed E-state index contributed by atoms with van der Waals surface area (Å²) in [5.41, 5.74) is 21.6. The van der Waals surface area contributed by atoms with Crippen molar-refractivity contribution in [3.63, 3.8) is 0 Å². The van der Waals surface area contributed by atoms with Gasteiger partial charge in [-0.25, -0.2) is 0 Å². The molecule has 6 aromatic carbocycles. The van der Waals surface area contributed by atoms with Crippen molar-refractivity contribution in [3.8, 4) is 27.9 Å². The van der Waals surface area contributed by atoms with Crippen LogP contribution >= 0.6 is 0 Å². The Morgan fingerprint density at radius 2 is 1.30 bits per heavy atom. The Labute approximate surface area is 386 Å². The second kappa shape index (κ2) is 20.8. The molecule has 0 saturated heterocycles. The Kier molecular flexibility index (Phi) is 14.4. The van der Waals surface area contributed by atoms with E-state index >= 15 is 0 Å². The standard InChI is InChI=1S/C39H33N3O2.C14H13N.C7H8/c1-7-10-14-32-23(4)24(5)33(15-11-8-2)42(32)27-18-19-30-36(22-27)44-35-16-12-13-29(38(30)35)26-17-20-34-31(21-26)37(25(6)43-34)28(9-3)39(40)41;1-15-11-12-6-5-9-14(10-12)13-7-3-2-4-8-13;1-7-5-3-2-4-6-7/h7-22H,1-3,6H2,4-5H3,(H3,40,41);2-10H,1,11H2;2-6H,1H3/b14-10-,15-11-,37-28-;;. The Bertz CT molecular complexity index is 3390. The maximum atomic E-state index is 8.05. The van der Waals surface area contributed by atoms with E-state index in [0.29, 0.717) is 28.3 Å². The lowest BCUT2D eigenvalue weighted by Crippen LogP contribution is -2.27. The number of fused-ring (bicyclic) bond motifs is 4. The van der Waals surface area contributed by atoms with Crippen molar-refractivity contribution in [2.24, 2.45) is 10.7 Å². The first-order valence-electron chi connectivity index (χ1n) is 21.7. The van der Waals surface area contributed by atoms with Gasteiger partial charge in [0.2, 0.25) is 0 Å². The van der Waals surface area contributed by atoms with E-state index in [1.807, 2.05) is 72.8 Å². The fourth-order valence-corrected chi connectivity index (χ4v) is 8.14. The third kappa shape index (κ3) is 9.69. The molecule has 0 fully saturated rings. The summed E-state index contributed by atoms with van der Waals surface area (Å²) in [5.74, 6) is -0.0869. The molecule has 9 aromatic rings. The fourth-order valence-electron chi connectivity index (χ4n) is 8.14. The smallest absolute Gasteiger partial charge is 0.137 e. The van der Waals surface area contributed by atoms with Crippen LogP contribution in [-0.4, -0.2) is 17.1 Å². The van der Waals surface area contributed by atoms with E-state index in [1.54, 1.807) is 18.2 Å². The molecule has 0 atom stereocenters. The molecule has 3 N–H and O–H groups in total. The van der Waals surface area contributed by atoms with Gasteiger partial charge in [0.25, 0.3) is 0 Å². The maximum absolute atomic E-state index is 8.05. The SMILES string of the molecule is C=C/C=C\c1c(C)c(C)c(/C=C\C=C)n1-c1ccc2c(c1)oc1cccc(-c3ccc4oc(=C)/c(=C(\C=C)C(=N)N)c4c3)c12.C=NCc1cccc(-c2ccccc2)c1.Cc1ccccc1. The first-order chi connectivity index (χ1) is 32.1. The normalized spacial score (nSPS) is 11.6. The molecular weight excluding hydrogens is 809 g/mol. The number of nitrogens with one attached hydrogen (secondary N) is 1. The van der Waals surface area contributed by atoms with Crippen LogP contribution in [0.5, 0.6) is 0 Å². The number of allylic oxidation sites excluding steroid dienone is 4. The van der Waals surface area contributed by atoms with Crippen LogP contribution in [0.1, 0.15) is 33.6 Å². The lowest BCUT2D eigenvalue weighted by atomic mass is 9.97. The van der Waals surface area contributed by atoms with E-state index in [-0.39, 0.29) is 5.84 Å².